The highest BCUT2D eigenvalue weighted by Gasteiger charge is 2.12. The topological polar surface area (TPSA) is 66.4 Å². The van der Waals surface area contributed by atoms with Crippen LogP contribution in [0, 0.1) is 5.92 Å². The summed E-state index contributed by atoms with van der Waals surface area (Å²) in [6, 6.07) is 0. The summed E-state index contributed by atoms with van der Waals surface area (Å²) in [5, 5.41) is 9.39. The summed E-state index contributed by atoms with van der Waals surface area (Å²) < 4.78 is 24.5. The van der Waals surface area contributed by atoms with Gasteiger partial charge in [-0.2, -0.15) is 0 Å². The zero-order valence-electron chi connectivity index (χ0n) is 8.53. The van der Waals surface area contributed by atoms with Crippen molar-refractivity contribution in [3.8, 4) is 0 Å². The van der Waals surface area contributed by atoms with E-state index in [1.807, 2.05) is 13.8 Å². The highest BCUT2D eigenvalue weighted by atomic mass is 35.5. The molecule has 0 aliphatic carbocycles. The van der Waals surface area contributed by atoms with Gasteiger partial charge in [0.25, 0.3) is 0 Å². The molecule has 0 heterocycles. The SMILES string of the molecule is CC(C)CC(O)CNS(=O)(=O)CCCl. The van der Waals surface area contributed by atoms with Crippen molar-refractivity contribution >= 4 is 21.6 Å². The van der Waals surface area contributed by atoms with Crippen LogP contribution in [-0.4, -0.2) is 37.8 Å². The maximum absolute atomic E-state index is 11.1. The molecular formula is C8H18ClNO3S. The van der Waals surface area contributed by atoms with Crippen LogP contribution >= 0.6 is 11.6 Å². The van der Waals surface area contributed by atoms with E-state index in [1.165, 1.54) is 0 Å². The Hall–Kier alpha value is 0.160. The van der Waals surface area contributed by atoms with Gasteiger partial charge in [-0.1, -0.05) is 13.8 Å². The summed E-state index contributed by atoms with van der Waals surface area (Å²) in [6.07, 6.45) is -0.0382. The number of rotatable bonds is 7. The molecule has 0 aliphatic heterocycles. The van der Waals surface area contributed by atoms with Gasteiger partial charge in [0.05, 0.1) is 11.9 Å². The number of alkyl halides is 1. The minimum absolute atomic E-state index is 0.0651. The zero-order chi connectivity index (χ0) is 11.2. The molecule has 1 atom stereocenters. The van der Waals surface area contributed by atoms with Crippen LogP contribution < -0.4 is 4.72 Å². The second-order valence-electron chi connectivity index (χ2n) is 3.64. The molecule has 0 bridgehead atoms. The molecule has 0 rings (SSSR count). The van der Waals surface area contributed by atoms with E-state index in [0.717, 1.165) is 0 Å². The molecule has 0 amide bonds. The van der Waals surface area contributed by atoms with Gasteiger partial charge >= 0.3 is 0 Å². The minimum Gasteiger partial charge on any atom is -0.392 e. The van der Waals surface area contributed by atoms with Crippen LogP contribution in [0.5, 0.6) is 0 Å². The van der Waals surface area contributed by atoms with Crippen molar-refractivity contribution in [2.24, 2.45) is 5.92 Å². The Morgan fingerprint density at radius 3 is 2.43 bits per heavy atom. The Labute approximate surface area is 90.7 Å². The Kier molecular flexibility index (Phi) is 6.68. The molecule has 0 aromatic rings. The molecule has 0 aromatic carbocycles. The van der Waals surface area contributed by atoms with Crippen molar-refractivity contribution in [2.75, 3.05) is 18.2 Å². The Balaban J connectivity index is 3.82. The first-order valence-electron chi connectivity index (χ1n) is 4.58. The van der Waals surface area contributed by atoms with Gasteiger partial charge in [-0.3, -0.25) is 0 Å². The first-order valence-corrected chi connectivity index (χ1v) is 6.77. The molecule has 0 spiro atoms. The van der Waals surface area contributed by atoms with Crippen LogP contribution in [0.15, 0.2) is 0 Å². The van der Waals surface area contributed by atoms with Gasteiger partial charge in [-0.25, -0.2) is 13.1 Å². The summed E-state index contributed by atoms with van der Waals surface area (Å²) in [6.45, 7) is 4.00. The lowest BCUT2D eigenvalue weighted by molar-refractivity contribution is 0.152. The lowest BCUT2D eigenvalue weighted by Crippen LogP contribution is -2.34. The molecule has 4 nitrogen and oxygen atoms in total. The highest BCUT2D eigenvalue weighted by molar-refractivity contribution is 7.89. The fraction of sp³-hybridized carbons (Fsp3) is 1.00. The van der Waals surface area contributed by atoms with Crippen LogP contribution in [0.1, 0.15) is 20.3 Å². The van der Waals surface area contributed by atoms with E-state index in [2.05, 4.69) is 4.72 Å². The molecule has 0 saturated heterocycles. The lowest BCUT2D eigenvalue weighted by Gasteiger charge is -2.13. The Bertz CT molecular complexity index is 241. The van der Waals surface area contributed by atoms with Crippen LogP contribution in [0.3, 0.4) is 0 Å². The molecular weight excluding hydrogens is 226 g/mol. The zero-order valence-corrected chi connectivity index (χ0v) is 10.1. The predicted octanol–water partition coefficient (Wildman–Crippen LogP) is 0.552. The van der Waals surface area contributed by atoms with E-state index in [0.29, 0.717) is 12.3 Å². The van der Waals surface area contributed by atoms with Gasteiger partial charge in [-0.05, 0) is 12.3 Å². The van der Waals surface area contributed by atoms with E-state index in [1.54, 1.807) is 0 Å². The second-order valence-corrected chi connectivity index (χ2v) is 5.94. The maximum atomic E-state index is 11.1. The van der Waals surface area contributed by atoms with E-state index in [9.17, 15) is 13.5 Å². The third-order valence-corrected chi connectivity index (χ3v) is 3.39. The van der Waals surface area contributed by atoms with Gasteiger partial charge in [0.15, 0.2) is 0 Å². The lowest BCUT2D eigenvalue weighted by atomic mass is 10.1. The molecule has 2 N–H and O–H groups in total. The fourth-order valence-electron chi connectivity index (χ4n) is 1.02. The van der Waals surface area contributed by atoms with Crippen LogP contribution in [0.4, 0.5) is 0 Å². The molecule has 0 saturated carbocycles. The summed E-state index contributed by atoms with van der Waals surface area (Å²) in [4.78, 5) is 0. The second kappa shape index (κ2) is 6.61. The van der Waals surface area contributed by atoms with Gasteiger partial charge in [0, 0.05) is 12.4 Å². The largest absolute Gasteiger partial charge is 0.392 e. The van der Waals surface area contributed by atoms with Crippen molar-refractivity contribution < 1.29 is 13.5 Å². The number of halogens is 1. The highest BCUT2D eigenvalue weighted by Crippen LogP contribution is 2.03. The predicted molar refractivity (Wildman–Crippen MR) is 58.0 cm³/mol. The van der Waals surface area contributed by atoms with E-state index >= 15 is 0 Å². The van der Waals surface area contributed by atoms with Gasteiger partial charge in [0.2, 0.25) is 10.0 Å². The Morgan fingerprint density at radius 2 is 2.00 bits per heavy atom. The first-order chi connectivity index (χ1) is 6.37. The van der Waals surface area contributed by atoms with Crippen molar-refractivity contribution in [3.05, 3.63) is 0 Å². The molecule has 86 valence electrons. The van der Waals surface area contributed by atoms with Crippen molar-refractivity contribution in [3.63, 3.8) is 0 Å². The quantitative estimate of drug-likeness (QED) is 0.642. The molecule has 0 aromatic heterocycles. The molecule has 0 fully saturated rings. The van der Waals surface area contributed by atoms with Gasteiger partial charge < -0.3 is 5.11 Å². The number of aliphatic hydroxyl groups is 1. The molecule has 0 radical (unpaired) electrons. The molecule has 1 unspecified atom stereocenters. The van der Waals surface area contributed by atoms with E-state index < -0.39 is 16.1 Å². The number of aliphatic hydroxyl groups excluding tert-OH is 1. The van der Waals surface area contributed by atoms with Gasteiger partial charge in [0.1, 0.15) is 0 Å². The molecule has 0 aliphatic rings. The smallest absolute Gasteiger partial charge is 0.212 e. The minimum atomic E-state index is -3.30. The normalized spacial score (nSPS) is 14.6. The van der Waals surface area contributed by atoms with E-state index in [4.69, 9.17) is 11.6 Å². The average Bonchev–Trinajstić information content (AvgIpc) is 2.00. The van der Waals surface area contributed by atoms with Crippen LogP contribution in [0.2, 0.25) is 0 Å². The summed E-state index contributed by atoms with van der Waals surface area (Å²) in [7, 11) is -3.30. The van der Waals surface area contributed by atoms with Crippen molar-refractivity contribution in [1.29, 1.82) is 0 Å². The summed E-state index contributed by atoms with van der Waals surface area (Å²) in [5.74, 6) is 0.306. The summed E-state index contributed by atoms with van der Waals surface area (Å²) >= 11 is 5.30. The van der Waals surface area contributed by atoms with Gasteiger partial charge in [-0.15, -0.1) is 11.6 Å². The number of nitrogens with one attached hydrogen (secondary N) is 1. The Morgan fingerprint density at radius 1 is 1.43 bits per heavy atom. The van der Waals surface area contributed by atoms with Crippen LogP contribution in [-0.2, 0) is 10.0 Å². The summed E-state index contributed by atoms with van der Waals surface area (Å²) in [5.41, 5.74) is 0. The maximum Gasteiger partial charge on any atom is 0.212 e. The molecule has 14 heavy (non-hydrogen) atoms. The monoisotopic (exact) mass is 243 g/mol. The third-order valence-electron chi connectivity index (χ3n) is 1.63. The van der Waals surface area contributed by atoms with Crippen LogP contribution in [0.25, 0.3) is 0 Å². The number of hydrogen-bond acceptors (Lipinski definition) is 3. The van der Waals surface area contributed by atoms with Crippen molar-refractivity contribution in [1.82, 2.24) is 4.72 Å². The fourth-order valence-corrected chi connectivity index (χ4v) is 2.43. The molecule has 6 heteroatoms. The average molecular weight is 244 g/mol. The van der Waals surface area contributed by atoms with E-state index in [-0.39, 0.29) is 18.2 Å². The standard InChI is InChI=1S/C8H18ClNO3S/c1-7(2)5-8(11)6-10-14(12,13)4-3-9/h7-8,10-11H,3-6H2,1-2H3. The third kappa shape index (κ3) is 7.55. The van der Waals surface area contributed by atoms with Crippen molar-refractivity contribution in [2.45, 2.75) is 26.4 Å². The first kappa shape index (κ1) is 14.2. The number of hydrogen-bond donors (Lipinski definition) is 2. The number of sulfonamides is 1.